The minimum atomic E-state index is -0.380. The van der Waals surface area contributed by atoms with Gasteiger partial charge >= 0.3 is 5.97 Å². The van der Waals surface area contributed by atoms with Gasteiger partial charge in [0.15, 0.2) is 0 Å². The minimum absolute atomic E-state index is 0.337. The number of hydrogen-bond acceptors (Lipinski definition) is 4. The van der Waals surface area contributed by atoms with E-state index in [-0.39, 0.29) is 5.97 Å². The van der Waals surface area contributed by atoms with Gasteiger partial charge in [-0.3, -0.25) is 0 Å². The Morgan fingerprint density at radius 1 is 1.50 bits per heavy atom. The molecule has 0 bridgehead atoms. The molecular formula is C13H16BrNO3. The number of methoxy groups -OCH3 is 1. The van der Waals surface area contributed by atoms with Gasteiger partial charge in [0, 0.05) is 23.9 Å². The van der Waals surface area contributed by atoms with Crippen LogP contribution in [0.3, 0.4) is 0 Å². The molecule has 1 rings (SSSR count). The van der Waals surface area contributed by atoms with Crippen LogP contribution < -0.4 is 10.1 Å². The van der Waals surface area contributed by atoms with Gasteiger partial charge in [0.2, 0.25) is 0 Å². The van der Waals surface area contributed by atoms with Crippen molar-refractivity contribution in [2.45, 2.75) is 6.92 Å². The van der Waals surface area contributed by atoms with E-state index in [0.717, 1.165) is 15.9 Å². The normalized spacial score (nSPS) is 9.72. The molecular weight excluding hydrogens is 298 g/mol. The van der Waals surface area contributed by atoms with Crippen LogP contribution >= 0.6 is 15.9 Å². The van der Waals surface area contributed by atoms with Crippen LogP contribution in [0.2, 0.25) is 0 Å². The first-order chi connectivity index (χ1) is 8.58. The third-order valence-corrected chi connectivity index (χ3v) is 2.88. The van der Waals surface area contributed by atoms with Gasteiger partial charge in [0.1, 0.15) is 5.75 Å². The van der Waals surface area contributed by atoms with E-state index in [1.165, 1.54) is 0 Å². The topological polar surface area (TPSA) is 47.6 Å². The summed E-state index contributed by atoms with van der Waals surface area (Å²) in [6, 6.07) is 5.59. The summed E-state index contributed by atoms with van der Waals surface area (Å²) in [5.74, 6) is 0.343. The Bertz CT molecular complexity index is 446. The maximum absolute atomic E-state index is 11.3. The Labute approximate surface area is 115 Å². The summed E-state index contributed by atoms with van der Waals surface area (Å²) in [6.07, 6.45) is 0. The molecule has 5 heteroatoms. The molecule has 0 atom stereocenters. The summed E-state index contributed by atoms with van der Waals surface area (Å²) < 4.78 is 10.9. The highest BCUT2D eigenvalue weighted by Gasteiger charge is 2.08. The third-order valence-electron chi connectivity index (χ3n) is 2.22. The fraction of sp³-hybridized carbons (Fsp3) is 0.308. The van der Waals surface area contributed by atoms with E-state index in [1.54, 1.807) is 14.0 Å². The molecule has 0 aliphatic carbocycles. The Hall–Kier alpha value is -1.49. The van der Waals surface area contributed by atoms with Crippen LogP contribution in [0.5, 0.6) is 5.75 Å². The number of rotatable bonds is 6. The molecule has 0 radical (unpaired) electrons. The van der Waals surface area contributed by atoms with E-state index in [1.807, 2.05) is 18.2 Å². The predicted molar refractivity (Wildman–Crippen MR) is 75.0 cm³/mol. The van der Waals surface area contributed by atoms with Gasteiger partial charge in [-0.15, -0.1) is 0 Å². The summed E-state index contributed by atoms with van der Waals surface area (Å²) in [4.78, 5) is 11.3. The lowest BCUT2D eigenvalue weighted by atomic mass is 10.2. The molecule has 1 aromatic rings. The highest BCUT2D eigenvalue weighted by molar-refractivity contribution is 9.10. The summed E-state index contributed by atoms with van der Waals surface area (Å²) in [5, 5.41) is 3.08. The van der Waals surface area contributed by atoms with Crippen molar-refractivity contribution in [3.8, 4) is 5.75 Å². The molecule has 0 fully saturated rings. The van der Waals surface area contributed by atoms with Crippen molar-refractivity contribution < 1.29 is 14.3 Å². The van der Waals surface area contributed by atoms with Gasteiger partial charge in [0.25, 0.3) is 0 Å². The second-order valence-corrected chi connectivity index (χ2v) is 4.38. The molecule has 0 aromatic heterocycles. The van der Waals surface area contributed by atoms with Crippen molar-refractivity contribution in [3.63, 3.8) is 0 Å². The molecule has 0 aliphatic heterocycles. The lowest BCUT2D eigenvalue weighted by Gasteiger charge is -2.10. The average molecular weight is 314 g/mol. The highest BCUT2D eigenvalue weighted by atomic mass is 79.9. The van der Waals surface area contributed by atoms with E-state index in [9.17, 15) is 4.79 Å². The molecule has 98 valence electrons. The molecule has 18 heavy (non-hydrogen) atoms. The molecule has 0 unspecified atom stereocenters. The van der Waals surface area contributed by atoms with Gasteiger partial charge in [0.05, 0.1) is 18.2 Å². The molecule has 0 saturated carbocycles. The fourth-order valence-electron chi connectivity index (χ4n) is 1.28. The number of carbonyl (C=O) groups excluding carboxylic acids is 1. The summed E-state index contributed by atoms with van der Waals surface area (Å²) in [7, 11) is 1.60. The van der Waals surface area contributed by atoms with Gasteiger partial charge < -0.3 is 14.8 Å². The smallest absolute Gasteiger partial charge is 0.335 e. The lowest BCUT2D eigenvalue weighted by Crippen LogP contribution is -2.14. The number of nitrogens with one attached hydrogen (secondary N) is 1. The van der Waals surface area contributed by atoms with Crippen LogP contribution in [0.1, 0.15) is 6.92 Å². The average Bonchev–Trinajstić information content (AvgIpc) is 2.37. The maximum atomic E-state index is 11.3. The standard InChI is InChI=1S/C13H16BrNO3/c1-4-18-13(16)9(2)8-15-10-5-6-11(14)12(7-10)17-3/h5-7,15H,2,4,8H2,1,3H3. The van der Waals surface area contributed by atoms with Gasteiger partial charge in [-0.2, -0.15) is 0 Å². The second-order valence-electron chi connectivity index (χ2n) is 3.53. The van der Waals surface area contributed by atoms with Gasteiger partial charge in [-0.1, -0.05) is 6.58 Å². The SMILES string of the molecule is C=C(CNc1ccc(Br)c(OC)c1)C(=O)OCC. The van der Waals surface area contributed by atoms with E-state index >= 15 is 0 Å². The molecule has 0 spiro atoms. The molecule has 4 nitrogen and oxygen atoms in total. The number of hydrogen-bond donors (Lipinski definition) is 1. The lowest BCUT2D eigenvalue weighted by molar-refractivity contribution is -0.138. The third kappa shape index (κ3) is 4.07. The number of anilines is 1. The van der Waals surface area contributed by atoms with Gasteiger partial charge in [-0.05, 0) is 35.0 Å². The van der Waals surface area contributed by atoms with Crippen molar-refractivity contribution in [1.29, 1.82) is 0 Å². The molecule has 0 amide bonds. The molecule has 0 saturated heterocycles. The number of esters is 1. The minimum Gasteiger partial charge on any atom is -0.495 e. The fourth-order valence-corrected chi connectivity index (χ4v) is 1.69. The number of benzene rings is 1. The Kier molecular flexibility index (Phi) is 5.71. The number of halogens is 1. The summed E-state index contributed by atoms with van der Waals surface area (Å²) in [6.45, 7) is 6.12. The Morgan fingerprint density at radius 2 is 2.22 bits per heavy atom. The zero-order valence-electron chi connectivity index (χ0n) is 10.5. The Balaban J connectivity index is 2.58. The monoisotopic (exact) mass is 313 g/mol. The van der Waals surface area contributed by atoms with Crippen molar-refractivity contribution in [2.24, 2.45) is 0 Å². The van der Waals surface area contributed by atoms with Crippen LogP contribution in [-0.4, -0.2) is 26.2 Å². The van der Waals surface area contributed by atoms with Gasteiger partial charge in [-0.25, -0.2) is 4.79 Å². The number of ether oxygens (including phenoxy) is 2. The summed E-state index contributed by atoms with van der Waals surface area (Å²) in [5.41, 5.74) is 1.24. The van der Waals surface area contributed by atoms with Crippen LogP contribution in [0.15, 0.2) is 34.8 Å². The van der Waals surface area contributed by atoms with Crippen molar-refractivity contribution in [1.82, 2.24) is 0 Å². The van der Waals surface area contributed by atoms with Crippen molar-refractivity contribution >= 4 is 27.6 Å². The first kappa shape index (κ1) is 14.6. The van der Waals surface area contributed by atoms with Crippen molar-refractivity contribution in [3.05, 3.63) is 34.8 Å². The largest absolute Gasteiger partial charge is 0.495 e. The van der Waals surface area contributed by atoms with E-state index in [4.69, 9.17) is 9.47 Å². The van der Waals surface area contributed by atoms with Crippen LogP contribution in [0, 0.1) is 0 Å². The second kappa shape index (κ2) is 7.06. The zero-order valence-corrected chi connectivity index (χ0v) is 12.0. The Morgan fingerprint density at radius 3 is 2.83 bits per heavy atom. The van der Waals surface area contributed by atoms with Crippen LogP contribution in [0.25, 0.3) is 0 Å². The van der Waals surface area contributed by atoms with E-state index in [0.29, 0.717) is 18.7 Å². The van der Waals surface area contributed by atoms with Crippen LogP contribution in [-0.2, 0) is 9.53 Å². The summed E-state index contributed by atoms with van der Waals surface area (Å²) >= 11 is 3.37. The maximum Gasteiger partial charge on any atom is 0.335 e. The van der Waals surface area contributed by atoms with E-state index < -0.39 is 0 Å². The first-order valence-electron chi connectivity index (χ1n) is 5.50. The van der Waals surface area contributed by atoms with Crippen molar-refractivity contribution in [2.75, 3.05) is 25.6 Å². The zero-order chi connectivity index (χ0) is 13.5. The molecule has 0 aliphatic rings. The predicted octanol–water partition coefficient (Wildman–Crippen LogP) is 2.99. The molecule has 1 N–H and O–H groups in total. The first-order valence-corrected chi connectivity index (χ1v) is 6.30. The number of carbonyl (C=O) groups is 1. The molecule has 1 aromatic carbocycles. The van der Waals surface area contributed by atoms with Crippen LogP contribution in [0.4, 0.5) is 5.69 Å². The van der Waals surface area contributed by atoms with E-state index in [2.05, 4.69) is 27.8 Å². The molecule has 0 heterocycles. The highest BCUT2D eigenvalue weighted by Crippen LogP contribution is 2.27. The quantitative estimate of drug-likeness (QED) is 0.648.